The molecule has 3 amide bonds. The van der Waals surface area contributed by atoms with Crippen molar-refractivity contribution in [2.75, 3.05) is 26.2 Å². The molecule has 1 rings (SSSR count). The van der Waals surface area contributed by atoms with Crippen molar-refractivity contribution < 1.29 is 9.59 Å². The zero-order valence-electron chi connectivity index (χ0n) is 9.21. The number of nitrogens with zero attached hydrogens (tertiary/aromatic N) is 1. The van der Waals surface area contributed by atoms with Crippen molar-refractivity contribution in [1.82, 2.24) is 15.5 Å². The summed E-state index contributed by atoms with van der Waals surface area (Å²) in [5, 5.41) is 4.91. The molecule has 2 N–H and O–H groups in total. The van der Waals surface area contributed by atoms with Crippen molar-refractivity contribution in [2.24, 2.45) is 0 Å². The van der Waals surface area contributed by atoms with Gasteiger partial charge in [0.1, 0.15) is 0 Å². The Morgan fingerprint density at radius 1 is 1.27 bits per heavy atom. The van der Waals surface area contributed by atoms with Gasteiger partial charge in [0.05, 0.1) is 6.54 Å². The molecule has 0 aliphatic carbocycles. The third-order valence-corrected chi connectivity index (χ3v) is 2.35. The Balaban J connectivity index is 2.14. The predicted molar refractivity (Wildman–Crippen MR) is 57.5 cm³/mol. The minimum atomic E-state index is -0.388. The fraction of sp³-hybridized carbons (Fsp3) is 0.800. The zero-order valence-corrected chi connectivity index (χ0v) is 9.21. The molecule has 86 valence electrons. The molecule has 15 heavy (non-hydrogen) atoms. The lowest BCUT2D eigenvalue weighted by Gasteiger charge is -2.13. The van der Waals surface area contributed by atoms with Gasteiger partial charge in [-0.1, -0.05) is 6.92 Å². The van der Waals surface area contributed by atoms with E-state index in [-0.39, 0.29) is 11.9 Å². The van der Waals surface area contributed by atoms with E-state index in [1.807, 2.05) is 6.92 Å². The SMILES string of the molecule is CCCNC(=O)NC(=O)CN1CCCC1. The number of urea groups is 1. The molecule has 0 saturated carbocycles. The van der Waals surface area contributed by atoms with Gasteiger partial charge < -0.3 is 5.32 Å². The number of hydrogen-bond donors (Lipinski definition) is 2. The highest BCUT2D eigenvalue weighted by Gasteiger charge is 2.16. The minimum absolute atomic E-state index is 0.217. The number of likely N-dealkylation sites (tertiary alicyclic amines) is 1. The van der Waals surface area contributed by atoms with Crippen LogP contribution >= 0.6 is 0 Å². The zero-order chi connectivity index (χ0) is 11.1. The third-order valence-electron chi connectivity index (χ3n) is 2.35. The molecule has 0 radical (unpaired) electrons. The summed E-state index contributed by atoms with van der Waals surface area (Å²) in [6, 6.07) is -0.388. The van der Waals surface area contributed by atoms with Crippen LogP contribution in [0.3, 0.4) is 0 Å². The normalized spacial score (nSPS) is 16.3. The lowest BCUT2D eigenvalue weighted by atomic mass is 10.4. The van der Waals surface area contributed by atoms with Crippen LogP contribution in [0.4, 0.5) is 4.79 Å². The Bertz CT molecular complexity index is 225. The Hall–Kier alpha value is -1.10. The summed E-state index contributed by atoms with van der Waals surface area (Å²) >= 11 is 0. The molecule has 1 heterocycles. The lowest BCUT2D eigenvalue weighted by molar-refractivity contribution is -0.120. The molecule has 0 atom stereocenters. The number of carbonyl (C=O) groups is 2. The summed E-state index contributed by atoms with van der Waals surface area (Å²) in [7, 11) is 0. The van der Waals surface area contributed by atoms with Gasteiger partial charge in [-0.15, -0.1) is 0 Å². The molecule has 0 aromatic rings. The van der Waals surface area contributed by atoms with E-state index in [0.717, 1.165) is 32.4 Å². The van der Waals surface area contributed by atoms with Crippen molar-refractivity contribution in [3.05, 3.63) is 0 Å². The predicted octanol–water partition coefficient (Wildman–Crippen LogP) is 0.318. The minimum Gasteiger partial charge on any atom is -0.338 e. The van der Waals surface area contributed by atoms with Crippen LogP contribution < -0.4 is 10.6 Å². The first-order valence-corrected chi connectivity index (χ1v) is 5.52. The lowest BCUT2D eigenvalue weighted by Crippen LogP contribution is -2.44. The topological polar surface area (TPSA) is 61.4 Å². The Morgan fingerprint density at radius 3 is 2.53 bits per heavy atom. The van der Waals surface area contributed by atoms with Gasteiger partial charge in [-0.05, 0) is 32.4 Å². The summed E-state index contributed by atoms with van der Waals surface area (Å²) in [4.78, 5) is 24.5. The van der Waals surface area contributed by atoms with Gasteiger partial charge in [-0.25, -0.2) is 4.79 Å². The van der Waals surface area contributed by atoms with Crippen molar-refractivity contribution in [3.8, 4) is 0 Å². The van der Waals surface area contributed by atoms with E-state index in [0.29, 0.717) is 13.1 Å². The van der Waals surface area contributed by atoms with Gasteiger partial charge in [-0.2, -0.15) is 0 Å². The number of rotatable bonds is 4. The van der Waals surface area contributed by atoms with E-state index in [2.05, 4.69) is 15.5 Å². The first-order valence-electron chi connectivity index (χ1n) is 5.52. The van der Waals surface area contributed by atoms with Gasteiger partial charge in [0.2, 0.25) is 5.91 Å². The monoisotopic (exact) mass is 213 g/mol. The highest BCUT2D eigenvalue weighted by molar-refractivity contribution is 5.95. The van der Waals surface area contributed by atoms with Crippen molar-refractivity contribution in [3.63, 3.8) is 0 Å². The Kier molecular flexibility index (Phi) is 5.10. The smallest absolute Gasteiger partial charge is 0.321 e. The highest BCUT2D eigenvalue weighted by Crippen LogP contribution is 2.05. The van der Waals surface area contributed by atoms with Gasteiger partial charge >= 0.3 is 6.03 Å². The van der Waals surface area contributed by atoms with Crippen molar-refractivity contribution >= 4 is 11.9 Å². The number of imide groups is 1. The van der Waals surface area contributed by atoms with E-state index in [1.165, 1.54) is 0 Å². The fourth-order valence-electron chi connectivity index (χ4n) is 1.59. The van der Waals surface area contributed by atoms with E-state index >= 15 is 0 Å². The van der Waals surface area contributed by atoms with Crippen LogP contribution in [0.25, 0.3) is 0 Å². The summed E-state index contributed by atoms with van der Waals surface area (Å²) in [5.41, 5.74) is 0. The summed E-state index contributed by atoms with van der Waals surface area (Å²) in [6.45, 7) is 4.82. The quantitative estimate of drug-likeness (QED) is 0.707. The van der Waals surface area contributed by atoms with Crippen LogP contribution in [-0.2, 0) is 4.79 Å². The van der Waals surface area contributed by atoms with Gasteiger partial charge in [0.15, 0.2) is 0 Å². The molecule has 1 aliphatic heterocycles. The maximum atomic E-state index is 11.4. The fourth-order valence-corrected chi connectivity index (χ4v) is 1.59. The summed E-state index contributed by atoms with van der Waals surface area (Å²) < 4.78 is 0. The molecular formula is C10H19N3O2. The average Bonchev–Trinajstić information content (AvgIpc) is 2.67. The van der Waals surface area contributed by atoms with Crippen LogP contribution in [0.5, 0.6) is 0 Å². The number of nitrogens with one attached hydrogen (secondary N) is 2. The maximum absolute atomic E-state index is 11.4. The Labute approximate surface area is 90.2 Å². The molecule has 0 aromatic carbocycles. The van der Waals surface area contributed by atoms with Crippen LogP contribution in [0, 0.1) is 0 Å². The number of hydrogen-bond acceptors (Lipinski definition) is 3. The molecular weight excluding hydrogens is 194 g/mol. The van der Waals surface area contributed by atoms with E-state index in [1.54, 1.807) is 0 Å². The largest absolute Gasteiger partial charge is 0.338 e. The number of amides is 3. The summed E-state index contributed by atoms with van der Waals surface area (Å²) in [5.74, 6) is -0.217. The first kappa shape index (κ1) is 12.0. The number of carbonyl (C=O) groups excluding carboxylic acids is 2. The molecule has 1 saturated heterocycles. The van der Waals surface area contributed by atoms with E-state index < -0.39 is 0 Å². The third kappa shape index (κ3) is 4.78. The molecule has 0 aromatic heterocycles. The van der Waals surface area contributed by atoms with Crippen LogP contribution in [-0.4, -0.2) is 43.0 Å². The van der Waals surface area contributed by atoms with Gasteiger partial charge in [0, 0.05) is 6.54 Å². The molecule has 0 bridgehead atoms. The molecule has 1 aliphatic rings. The summed E-state index contributed by atoms with van der Waals surface area (Å²) in [6.07, 6.45) is 3.17. The molecule has 5 nitrogen and oxygen atoms in total. The second-order valence-corrected chi connectivity index (χ2v) is 3.79. The average molecular weight is 213 g/mol. The van der Waals surface area contributed by atoms with Gasteiger partial charge in [-0.3, -0.25) is 15.0 Å². The standard InChI is InChI=1S/C10H19N3O2/c1-2-5-11-10(15)12-9(14)8-13-6-3-4-7-13/h2-8H2,1H3,(H2,11,12,14,15). The molecule has 1 fully saturated rings. The second-order valence-electron chi connectivity index (χ2n) is 3.79. The molecule has 0 spiro atoms. The molecule has 0 unspecified atom stereocenters. The van der Waals surface area contributed by atoms with E-state index in [9.17, 15) is 9.59 Å². The molecule has 5 heteroatoms. The van der Waals surface area contributed by atoms with E-state index in [4.69, 9.17) is 0 Å². The van der Waals surface area contributed by atoms with Crippen LogP contribution in [0.2, 0.25) is 0 Å². The van der Waals surface area contributed by atoms with Crippen molar-refractivity contribution in [2.45, 2.75) is 26.2 Å². The van der Waals surface area contributed by atoms with Crippen LogP contribution in [0.15, 0.2) is 0 Å². The Morgan fingerprint density at radius 2 is 1.93 bits per heavy atom. The van der Waals surface area contributed by atoms with Crippen LogP contribution in [0.1, 0.15) is 26.2 Å². The first-order chi connectivity index (χ1) is 7.22. The van der Waals surface area contributed by atoms with Gasteiger partial charge in [0.25, 0.3) is 0 Å². The maximum Gasteiger partial charge on any atom is 0.321 e. The highest BCUT2D eigenvalue weighted by atomic mass is 16.2. The second kappa shape index (κ2) is 6.40. The van der Waals surface area contributed by atoms with Crippen molar-refractivity contribution in [1.29, 1.82) is 0 Å².